The van der Waals surface area contributed by atoms with Crippen LogP contribution in [0.25, 0.3) is 0 Å². The summed E-state index contributed by atoms with van der Waals surface area (Å²) in [6, 6.07) is 20.6. The summed E-state index contributed by atoms with van der Waals surface area (Å²) in [5.41, 5.74) is 3.36. The number of aryl methyl sites for hydroxylation is 1. The topological polar surface area (TPSA) is 114 Å². The van der Waals surface area contributed by atoms with Crippen molar-refractivity contribution in [3.05, 3.63) is 83.4 Å². The number of ether oxygens (including phenoxy) is 3. The second-order valence-corrected chi connectivity index (χ2v) is 13.4. The molecule has 0 saturated carbocycles. The normalized spacial score (nSPS) is 16.6. The van der Waals surface area contributed by atoms with E-state index in [2.05, 4.69) is 9.62 Å². The molecule has 232 valence electrons. The van der Waals surface area contributed by atoms with Crippen molar-refractivity contribution in [3.63, 3.8) is 0 Å². The number of carbonyl (C=O) groups is 1. The molecular formula is C33H42N2O7S. The van der Waals surface area contributed by atoms with E-state index in [9.17, 15) is 18.3 Å². The Labute approximate surface area is 254 Å². The molecule has 10 heteroatoms. The predicted octanol–water partition coefficient (Wildman–Crippen LogP) is 4.99. The van der Waals surface area contributed by atoms with E-state index >= 15 is 0 Å². The Balaban J connectivity index is 0.00000423. The van der Waals surface area contributed by atoms with Crippen molar-refractivity contribution in [2.75, 3.05) is 18.1 Å². The van der Waals surface area contributed by atoms with Crippen LogP contribution in [0.3, 0.4) is 0 Å². The van der Waals surface area contributed by atoms with Gasteiger partial charge in [-0.2, -0.15) is 4.72 Å². The SMILES string of the molecule is C.CC(C)(C)OC(=O)COc1ccc2c(c1)CC(N(C[C@@H](O)NS(=O)(=O)c1cc3ccc1OC3)c1ccccc1)CCC2. The number of nitrogens with zero attached hydrogens (tertiary/aromatic N) is 1. The van der Waals surface area contributed by atoms with Gasteiger partial charge in [0.1, 0.15) is 34.8 Å². The molecule has 0 spiro atoms. The highest BCUT2D eigenvalue weighted by atomic mass is 32.2. The van der Waals surface area contributed by atoms with Crippen molar-refractivity contribution in [1.29, 1.82) is 0 Å². The molecule has 0 radical (unpaired) electrons. The van der Waals surface area contributed by atoms with Crippen LogP contribution in [0, 0.1) is 0 Å². The third-order valence-electron chi connectivity index (χ3n) is 7.27. The summed E-state index contributed by atoms with van der Waals surface area (Å²) in [6.45, 7) is 5.65. The zero-order chi connectivity index (χ0) is 29.9. The van der Waals surface area contributed by atoms with Crippen LogP contribution >= 0.6 is 0 Å². The lowest BCUT2D eigenvalue weighted by molar-refractivity contribution is -0.157. The van der Waals surface area contributed by atoms with E-state index in [1.165, 1.54) is 5.56 Å². The second-order valence-electron chi connectivity index (χ2n) is 11.8. The molecule has 1 unspecified atom stereocenters. The number of para-hydroxylation sites is 1. The molecular weight excluding hydrogens is 568 g/mol. The highest BCUT2D eigenvalue weighted by Crippen LogP contribution is 2.32. The number of hydrogen-bond acceptors (Lipinski definition) is 8. The predicted molar refractivity (Wildman–Crippen MR) is 166 cm³/mol. The maximum Gasteiger partial charge on any atom is 0.344 e. The smallest absolute Gasteiger partial charge is 0.344 e. The first kappa shape index (κ1) is 32.3. The molecule has 43 heavy (non-hydrogen) atoms. The first-order chi connectivity index (χ1) is 20.0. The van der Waals surface area contributed by atoms with Crippen molar-refractivity contribution in [3.8, 4) is 11.5 Å². The van der Waals surface area contributed by atoms with Gasteiger partial charge in [-0.05, 0) is 99.5 Å². The summed E-state index contributed by atoms with van der Waals surface area (Å²) < 4.78 is 45.4. The number of nitrogens with one attached hydrogen (secondary N) is 1. The number of aliphatic hydroxyl groups is 1. The maximum absolute atomic E-state index is 13.2. The van der Waals surface area contributed by atoms with E-state index in [-0.39, 0.29) is 37.3 Å². The van der Waals surface area contributed by atoms with E-state index in [4.69, 9.17) is 14.2 Å². The highest BCUT2D eigenvalue weighted by molar-refractivity contribution is 7.89. The van der Waals surface area contributed by atoms with Crippen LogP contribution in [0.5, 0.6) is 11.5 Å². The summed E-state index contributed by atoms with van der Waals surface area (Å²) in [5.74, 6) is 0.425. The molecule has 3 aromatic carbocycles. The summed E-state index contributed by atoms with van der Waals surface area (Å²) in [7, 11) is -4.01. The number of esters is 1. The molecule has 1 aliphatic carbocycles. The molecule has 9 nitrogen and oxygen atoms in total. The summed E-state index contributed by atoms with van der Waals surface area (Å²) in [5, 5.41) is 11.1. The number of carbonyl (C=O) groups excluding carboxylic acids is 1. The number of fused-ring (bicyclic) bond motifs is 4. The molecule has 3 aromatic rings. The molecule has 0 aromatic heterocycles. The minimum Gasteiger partial charge on any atom is -0.487 e. The van der Waals surface area contributed by atoms with Crippen LogP contribution < -0.4 is 19.1 Å². The molecule has 0 fully saturated rings. The third kappa shape index (κ3) is 8.28. The van der Waals surface area contributed by atoms with Crippen molar-refractivity contribution in [1.82, 2.24) is 4.72 Å². The quantitative estimate of drug-likeness (QED) is 0.188. The Morgan fingerprint density at radius 1 is 1.09 bits per heavy atom. The Morgan fingerprint density at radius 2 is 1.86 bits per heavy atom. The van der Waals surface area contributed by atoms with Gasteiger partial charge in [-0.1, -0.05) is 37.8 Å². The van der Waals surface area contributed by atoms with Crippen molar-refractivity contribution in [2.45, 2.75) is 83.3 Å². The first-order valence-corrected chi connectivity index (χ1v) is 15.7. The molecule has 0 saturated heterocycles. The van der Waals surface area contributed by atoms with Gasteiger partial charge in [-0.3, -0.25) is 0 Å². The summed E-state index contributed by atoms with van der Waals surface area (Å²) >= 11 is 0. The zero-order valence-electron chi connectivity index (χ0n) is 24.2. The van der Waals surface area contributed by atoms with Crippen LogP contribution in [-0.2, 0) is 39.0 Å². The van der Waals surface area contributed by atoms with Crippen LogP contribution in [0.15, 0.2) is 71.6 Å². The van der Waals surface area contributed by atoms with Gasteiger partial charge in [-0.15, -0.1) is 0 Å². The number of benzene rings is 3. The van der Waals surface area contributed by atoms with Crippen molar-refractivity contribution >= 4 is 21.7 Å². The molecule has 2 heterocycles. The number of hydrogen-bond donors (Lipinski definition) is 2. The molecule has 2 aliphatic heterocycles. The summed E-state index contributed by atoms with van der Waals surface area (Å²) in [6.07, 6.45) is 1.95. The number of rotatable bonds is 10. The van der Waals surface area contributed by atoms with E-state index in [1.54, 1.807) is 12.1 Å². The first-order valence-electron chi connectivity index (χ1n) is 14.2. The number of anilines is 1. The molecule has 3 aliphatic rings. The highest BCUT2D eigenvalue weighted by Gasteiger charge is 2.30. The Morgan fingerprint density at radius 3 is 2.51 bits per heavy atom. The molecule has 6 rings (SSSR count). The lowest BCUT2D eigenvalue weighted by atomic mass is 10.00. The minimum absolute atomic E-state index is 0. The van der Waals surface area contributed by atoms with Gasteiger partial charge in [0, 0.05) is 11.7 Å². The van der Waals surface area contributed by atoms with E-state index in [0.717, 1.165) is 36.1 Å². The van der Waals surface area contributed by atoms with E-state index < -0.39 is 27.8 Å². The van der Waals surface area contributed by atoms with Crippen LogP contribution in [0.4, 0.5) is 5.69 Å². The molecule has 0 amide bonds. The van der Waals surface area contributed by atoms with Crippen molar-refractivity contribution < 1.29 is 32.5 Å². The monoisotopic (exact) mass is 610 g/mol. The van der Waals surface area contributed by atoms with Gasteiger partial charge < -0.3 is 24.2 Å². The standard InChI is InChI=1S/C32H38N2O7S.CH4/c1-32(2,3)41-31(36)21-39-27-14-13-23-8-7-11-26(17-24(23)18-27)34(25-9-5-4-6-10-25)19-30(35)33-42(37,38)29-16-22-12-15-28(29)40-20-22;/h4-6,9-10,12-16,18,26,30,33,35H,7-8,11,17,19-21H2,1-3H3;1H4/t26?,30-;/m1./s1. The number of sulfonamides is 1. The third-order valence-corrected chi connectivity index (χ3v) is 8.76. The van der Waals surface area contributed by atoms with E-state index in [1.807, 2.05) is 75.4 Å². The van der Waals surface area contributed by atoms with Gasteiger partial charge in [0.25, 0.3) is 0 Å². The maximum atomic E-state index is 13.2. The van der Waals surface area contributed by atoms with Crippen molar-refractivity contribution in [2.24, 2.45) is 0 Å². The fourth-order valence-electron chi connectivity index (χ4n) is 5.47. The van der Waals surface area contributed by atoms with Crippen LogP contribution in [0.2, 0.25) is 0 Å². The van der Waals surface area contributed by atoms with Gasteiger partial charge in [0.2, 0.25) is 10.0 Å². The van der Waals surface area contributed by atoms with Crippen LogP contribution in [0.1, 0.15) is 57.7 Å². The molecule has 2 N–H and O–H groups in total. The van der Waals surface area contributed by atoms with E-state index in [0.29, 0.717) is 18.8 Å². The number of aliphatic hydroxyl groups excluding tert-OH is 1. The van der Waals surface area contributed by atoms with Gasteiger partial charge in [-0.25, -0.2) is 13.2 Å². The van der Waals surface area contributed by atoms with Gasteiger partial charge in [0.05, 0.1) is 6.54 Å². The lowest BCUT2D eigenvalue weighted by Crippen LogP contribution is -2.48. The largest absolute Gasteiger partial charge is 0.487 e. The average molecular weight is 611 g/mol. The summed E-state index contributed by atoms with van der Waals surface area (Å²) in [4.78, 5) is 14.3. The zero-order valence-corrected chi connectivity index (χ0v) is 25.0. The van der Waals surface area contributed by atoms with Crippen LogP contribution in [-0.4, -0.2) is 50.5 Å². The minimum atomic E-state index is -4.01. The average Bonchev–Trinajstić information content (AvgIpc) is 3.17. The lowest BCUT2D eigenvalue weighted by Gasteiger charge is -2.35. The molecule has 2 atom stereocenters. The molecule has 2 bridgehead atoms. The Kier molecular flexibility index (Phi) is 10.0. The second kappa shape index (κ2) is 13.4. The van der Waals surface area contributed by atoms with Gasteiger partial charge >= 0.3 is 5.97 Å². The fourth-order valence-corrected chi connectivity index (χ4v) is 6.73. The Bertz CT molecular complexity index is 1520. The van der Waals surface area contributed by atoms with Gasteiger partial charge in [0.15, 0.2) is 6.61 Å². The fraction of sp³-hybridized carbons (Fsp3) is 0.424. The Hall–Kier alpha value is -3.60.